The van der Waals surface area contributed by atoms with Gasteiger partial charge < -0.3 is 4.98 Å². The van der Waals surface area contributed by atoms with Gasteiger partial charge in [0.05, 0.1) is 4.90 Å². The average Bonchev–Trinajstić information content (AvgIpc) is 2.57. The number of aromatic amines is 1. The number of hydrogen-bond acceptors (Lipinski definition) is 2. The Bertz CT molecular complexity index is 611. The molecule has 0 aliphatic heterocycles. The lowest BCUT2D eigenvalue weighted by molar-refractivity contribution is 0.602. The van der Waals surface area contributed by atoms with Crippen molar-refractivity contribution in [2.75, 3.05) is 6.26 Å². The smallest absolute Gasteiger partial charge is 0.175 e. The van der Waals surface area contributed by atoms with E-state index >= 15 is 0 Å². The second kappa shape index (κ2) is 3.94. The van der Waals surface area contributed by atoms with Crippen molar-refractivity contribution in [2.24, 2.45) is 0 Å². The molecular weight excluding hydrogens is 222 g/mol. The van der Waals surface area contributed by atoms with Crippen LogP contribution in [0.25, 0.3) is 10.9 Å². The average molecular weight is 237 g/mol. The minimum absolute atomic E-state index is 0.377. The summed E-state index contributed by atoms with van der Waals surface area (Å²) in [5, 5.41) is 0.964. The van der Waals surface area contributed by atoms with Gasteiger partial charge in [-0.2, -0.15) is 0 Å². The fourth-order valence-corrected chi connectivity index (χ4v) is 2.46. The molecule has 0 spiro atoms. The lowest BCUT2D eigenvalue weighted by atomic mass is 10.2. The predicted octanol–water partition coefficient (Wildman–Crippen LogP) is 2.52. The normalized spacial score (nSPS) is 12.1. The molecule has 0 unspecified atom stereocenters. The van der Waals surface area contributed by atoms with E-state index in [9.17, 15) is 8.42 Å². The zero-order valence-corrected chi connectivity index (χ0v) is 10.3. The highest BCUT2D eigenvalue weighted by atomic mass is 32.2. The molecule has 1 heterocycles. The van der Waals surface area contributed by atoms with Crippen LogP contribution in [0, 0.1) is 0 Å². The number of fused-ring (bicyclic) bond motifs is 1. The standard InChI is InChI=1S/C12H15NO2S/c1-3-4-10-7-9-8-11(16(2,14)15)5-6-12(9)13-10/h5-8,13H,3-4H2,1-2H3. The molecule has 1 aromatic heterocycles. The number of hydrogen-bond donors (Lipinski definition) is 1. The fourth-order valence-electron chi connectivity index (χ4n) is 1.81. The first-order chi connectivity index (χ1) is 7.50. The van der Waals surface area contributed by atoms with Crippen molar-refractivity contribution < 1.29 is 8.42 Å². The molecule has 1 aromatic carbocycles. The molecule has 2 aromatic rings. The maximum atomic E-state index is 11.4. The Hall–Kier alpha value is -1.29. The zero-order chi connectivity index (χ0) is 11.8. The van der Waals surface area contributed by atoms with Gasteiger partial charge in [-0.25, -0.2) is 8.42 Å². The Morgan fingerprint density at radius 3 is 2.62 bits per heavy atom. The Morgan fingerprint density at radius 1 is 1.25 bits per heavy atom. The van der Waals surface area contributed by atoms with Crippen LogP contribution in [0.15, 0.2) is 29.2 Å². The topological polar surface area (TPSA) is 49.9 Å². The molecule has 0 atom stereocenters. The minimum Gasteiger partial charge on any atom is -0.358 e. The summed E-state index contributed by atoms with van der Waals surface area (Å²) in [6.07, 6.45) is 3.29. The van der Waals surface area contributed by atoms with E-state index in [2.05, 4.69) is 11.9 Å². The van der Waals surface area contributed by atoms with E-state index in [1.807, 2.05) is 12.1 Å². The van der Waals surface area contributed by atoms with Gasteiger partial charge in [-0.1, -0.05) is 13.3 Å². The number of aryl methyl sites for hydroxylation is 1. The first-order valence-corrected chi connectivity index (χ1v) is 7.21. The summed E-state index contributed by atoms with van der Waals surface area (Å²) in [7, 11) is -3.11. The van der Waals surface area contributed by atoms with Gasteiger partial charge in [0.1, 0.15) is 0 Å². The second-order valence-corrected chi connectivity index (χ2v) is 6.08. The van der Waals surface area contributed by atoms with E-state index in [1.54, 1.807) is 12.1 Å². The van der Waals surface area contributed by atoms with Gasteiger partial charge in [-0.15, -0.1) is 0 Å². The van der Waals surface area contributed by atoms with Crippen molar-refractivity contribution in [3.8, 4) is 0 Å². The Labute approximate surface area is 95.4 Å². The second-order valence-electron chi connectivity index (χ2n) is 4.07. The summed E-state index contributed by atoms with van der Waals surface area (Å²) in [6, 6.07) is 7.21. The maximum absolute atomic E-state index is 11.4. The van der Waals surface area contributed by atoms with E-state index in [-0.39, 0.29) is 0 Å². The molecule has 3 nitrogen and oxygen atoms in total. The quantitative estimate of drug-likeness (QED) is 0.891. The number of sulfone groups is 1. The van der Waals surface area contributed by atoms with Gasteiger partial charge >= 0.3 is 0 Å². The first kappa shape index (κ1) is 11.2. The van der Waals surface area contributed by atoms with Crippen molar-refractivity contribution in [2.45, 2.75) is 24.7 Å². The van der Waals surface area contributed by atoms with Crippen molar-refractivity contribution in [1.29, 1.82) is 0 Å². The molecule has 1 N–H and O–H groups in total. The maximum Gasteiger partial charge on any atom is 0.175 e. The van der Waals surface area contributed by atoms with Crippen LogP contribution in [0.2, 0.25) is 0 Å². The molecule has 0 radical (unpaired) electrons. The number of benzene rings is 1. The molecule has 4 heteroatoms. The van der Waals surface area contributed by atoms with E-state index in [0.29, 0.717) is 4.90 Å². The van der Waals surface area contributed by atoms with Gasteiger partial charge in [0.25, 0.3) is 0 Å². The van der Waals surface area contributed by atoms with Crippen LogP contribution in [0.3, 0.4) is 0 Å². The molecule has 0 aliphatic carbocycles. The van der Waals surface area contributed by atoms with Gasteiger partial charge in [-0.3, -0.25) is 0 Å². The zero-order valence-electron chi connectivity index (χ0n) is 9.45. The molecule has 0 fully saturated rings. The van der Waals surface area contributed by atoms with E-state index in [0.717, 1.165) is 29.4 Å². The highest BCUT2D eigenvalue weighted by molar-refractivity contribution is 7.90. The third-order valence-corrected chi connectivity index (χ3v) is 3.71. The summed E-state index contributed by atoms with van der Waals surface area (Å²) >= 11 is 0. The molecule has 0 aliphatic rings. The van der Waals surface area contributed by atoms with Gasteiger partial charge in [-0.05, 0) is 30.7 Å². The van der Waals surface area contributed by atoms with Gasteiger partial charge in [0.15, 0.2) is 9.84 Å². The molecular formula is C12H15NO2S. The van der Waals surface area contributed by atoms with Crippen molar-refractivity contribution >= 4 is 20.7 Å². The highest BCUT2D eigenvalue weighted by Gasteiger charge is 2.08. The monoisotopic (exact) mass is 237 g/mol. The molecule has 0 bridgehead atoms. The highest BCUT2D eigenvalue weighted by Crippen LogP contribution is 2.20. The van der Waals surface area contributed by atoms with Gasteiger partial charge in [0.2, 0.25) is 0 Å². The van der Waals surface area contributed by atoms with E-state index in [4.69, 9.17) is 0 Å². The number of aromatic nitrogens is 1. The molecule has 0 saturated heterocycles. The minimum atomic E-state index is -3.11. The van der Waals surface area contributed by atoms with Crippen LogP contribution in [0.4, 0.5) is 0 Å². The number of nitrogens with one attached hydrogen (secondary N) is 1. The summed E-state index contributed by atoms with van der Waals surface area (Å²) in [5.41, 5.74) is 2.15. The lowest BCUT2D eigenvalue weighted by Gasteiger charge is -1.97. The summed E-state index contributed by atoms with van der Waals surface area (Å²) in [5.74, 6) is 0. The Kier molecular flexibility index (Phi) is 2.76. The summed E-state index contributed by atoms with van der Waals surface area (Å²) < 4.78 is 22.8. The SMILES string of the molecule is CCCc1cc2cc(S(C)(=O)=O)ccc2[nH]1. The van der Waals surface area contributed by atoms with Crippen LogP contribution < -0.4 is 0 Å². The molecule has 2 rings (SSSR count). The van der Waals surface area contributed by atoms with Crippen molar-refractivity contribution in [3.63, 3.8) is 0 Å². The van der Waals surface area contributed by atoms with Gasteiger partial charge in [0, 0.05) is 22.9 Å². The number of rotatable bonds is 3. The summed E-state index contributed by atoms with van der Waals surface area (Å²) in [4.78, 5) is 3.66. The predicted molar refractivity (Wildman–Crippen MR) is 65.4 cm³/mol. The largest absolute Gasteiger partial charge is 0.358 e. The first-order valence-electron chi connectivity index (χ1n) is 5.32. The van der Waals surface area contributed by atoms with Crippen LogP contribution >= 0.6 is 0 Å². The summed E-state index contributed by atoms with van der Waals surface area (Å²) in [6.45, 7) is 2.12. The Balaban J connectivity index is 2.54. The number of H-pyrrole nitrogens is 1. The van der Waals surface area contributed by atoms with Crippen LogP contribution in [0.5, 0.6) is 0 Å². The molecule has 86 valence electrons. The molecule has 0 amide bonds. The Morgan fingerprint density at radius 2 is 2.00 bits per heavy atom. The molecule has 0 saturated carbocycles. The fraction of sp³-hybridized carbons (Fsp3) is 0.333. The van der Waals surface area contributed by atoms with Crippen molar-refractivity contribution in [3.05, 3.63) is 30.0 Å². The third kappa shape index (κ3) is 2.11. The third-order valence-electron chi connectivity index (χ3n) is 2.60. The molecule has 16 heavy (non-hydrogen) atoms. The van der Waals surface area contributed by atoms with E-state index < -0.39 is 9.84 Å². The van der Waals surface area contributed by atoms with Crippen molar-refractivity contribution in [1.82, 2.24) is 4.98 Å². The van der Waals surface area contributed by atoms with Crippen LogP contribution in [-0.4, -0.2) is 19.7 Å². The van der Waals surface area contributed by atoms with Crippen LogP contribution in [-0.2, 0) is 16.3 Å². The van der Waals surface area contributed by atoms with E-state index in [1.165, 1.54) is 6.26 Å². The lowest BCUT2D eigenvalue weighted by Crippen LogP contribution is -1.95. The van der Waals surface area contributed by atoms with Crippen LogP contribution in [0.1, 0.15) is 19.0 Å².